The molecule has 0 aliphatic carbocycles. The first kappa shape index (κ1) is 10.1. The SMILES string of the molecule is CC(C)(C#N)c1nc2cccc(F)c2s1. The smallest absolute Gasteiger partial charge is 0.142 e. The number of thiazole rings is 1. The predicted octanol–water partition coefficient (Wildman–Crippen LogP) is 3.24. The van der Waals surface area contributed by atoms with Crippen LogP contribution in [0.2, 0.25) is 0 Å². The lowest BCUT2D eigenvalue weighted by Crippen LogP contribution is -2.12. The van der Waals surface area contributed by atoms with Crippen LogP contribution in [-0.4, -0.2) is 4.98 Å². The van der Waals surface area contributed by atoms with E-state index < -0.39 is 5.41 Å². The number of hydrogen-bond donors (Lipinski definition) is 0. The van der Waals surface area contributed by atoms with Crippen molar-refractivity contribution in [1.29, 1.82) is 5.26 Å². The quantitative estimate of drug-likeness (QED) is 0.739. The Morgan fingerprint density at radius 3 is 2.80 bits per heavy atom. The molecule has 0 N–H and O–H groups in total. The molecular formula is C11H9FN2S. The van der Waals surface area contributed by atoms with Gasteiger partial charge in [0, 0.05) is 0 Å². The summed E-state index contributed by atoms with van der Waals surface area (Å²) in [7, 11) is 0. The Hall–Kier alpha value is -1.47. The summed E-state index contributed by atoms with van der Waals surface area (Å²) in [6.45, 7) is 3.56. The van der Waals surface area contributed by atoms with Crippen LogP contribution in [0.5, 0.6) is 0 Å². The minimum absolute atomic E-state index is 0.273. The van der Waals surface area contributed by atoms with Gasteiger partial charge in [-0.25, -0.2) is 9.37 Å². The van der Waals surface area contributed by atoms with Crippen LogP contribution in [0.4, 0.5) is 4.39 Å². The van der Waals surface area contributed by atoms with Crippen LogP contribution in [0.25, 0.3) is 10.2 Å². The fourth-order valence-electron chi connectivity index (χ4n) is 1.23. The van der Waals surface area contributed by atoms with E-state index in [1.807, 2.05) is 0 Å². The van der Waals surface area contributed by atoms with Gasteiger partial charge in [0.25, 0.3) is 0 Å². The molecule has 0 saturated heterocycles. The van der Waals surface area contributed by atoms with Gasteiger partial charge in [0.05, 0.1) is 16.3 Å². The van der Waals surface area contributed by atoms with Crippen molar-refractivity contribution in [1.82, 2.24) is 4.98 Å². The molecule has 0 saturated carbocycles. The van der Waals surface area contributed by atoms with Crippen molar-refractivity contribution in [2.45, 2.75) is 19.3 Å². The zero-order valence-electron chi connectivity index (χ0n) is 8.41. The molecule has 2 rings (SSSR count). The summed E-state index contributed by atoms with van der Waals surface area (Å²) in [5.74, 6) is -0.273. The molecular weight excluding hydrogens is 211 g/mol. The molecule has 0 amide bonds. The van der Waals surface area contributed by atoms with Gasteiger partial charge in [0.15, 0.2) is 0 Å². The highest BCUT2D eigenvalue weighted by molar-refractivity contribution is 7.18. The van der Waals surface area contributed by atoms with Gasteiger partial charge in [-0.15, -0.1) is 11.3 Å². The maximum absolute atomic E-state index is 13.4. The topological polar surface area (TPSA) is 36.7 Å². The van der Waals surface area contributed by atoms with Crippen LogP contribution in [0.1, 0.15) is 18.9 Å². The second kappa shape index (κ2) is 3.28. The van der Waals surface area contributed by atoms with Crippen LogP contribution >= 0.6 is 11.3 Å². The molecule has 1 heterocycles. The molecule has 4 heteroatoms. The average molecular weight is 220 g/mol. The van der Waals surface area contributed by atoms with E-state index in [4.69, 9.17) is 5.26 Å². The standard InChI is InChI=1S/C11H9FN2S/c1-11(2,6-13)10-14-8-5-3-4-7(12)9(8)15-10/h3-5H,1-2H3. The van der Waals surface area contributed by atoms with Crippen molar-refractivity contribution in [3.63, 3.8) is 0 Å². The Bertz CT molecular complexity index is 551. The summed E-state index contributed by atoms with van der Waals surface area (Å²) in [6, 6.07) is 6.95. The van der Waals surface area contributed by atoms with Crippen molar-refractivity contribution in [2.24, 2.45) is 0 Å². The number of fused-ring (bicyclic) bond motifs is 1. The van der Waals surface area contributed by atoms with E-state index in [2.05, 4.69) is 11.1 Å². The van der Waals surface area contributed by atoms with Crippen molar-refractivity contribution < 1.29 is 4.39 Å². The fraction of sp³-hybridized carbons (Fsp3) is 0.273. The summed E-state index contributed by atoms with van der Waals surface area (Å²) in [6.07, 6.45) is 0. The molecule has 0 atom stereocenters. The molecule has 2 nitrogen and oxygen atoms in total. The van der Waals surface area contributed by atoms with Gasteiger partial charge in [-0.1, -0.05) is 6.07 Å². The number of aromatic nitrogens is 1. The van der Waals surface area contributed by atoms with E-state index in [-0.39, 0.29) is 5.82 Å². The van der Waals surface area contributed by atoms with E-state index in [0.29, 0.717) is 15.2 Å². The van der Waals surface area contributed by atoms with Gasteiger partial charge >= 0.3 is 0 Å². The fourth-order valence-corrected chi connectivity index (χ4v) is 2.25. The van der Waals surface area contributed by atoms with E-state index in [0.717, 1.165) is 0 Å². The molecule has 1 aromatic heterocycles. The van der Waals surface area contributed by atoms with Crippen molar-refractivity contribution >= 4 is 21.6 Å². The lowest BCUT2D eigenvalue weighted by molar-refractivity contribution is 0.641. The maximum atomic E-state index is 13.4. The third kappa shape index (κ3) is 1.59. The first-order chi connectivity index (χ1) is 7.04. The zero-order chi connectivity index (χ0) is 11.1. The molecule has 1 aromatic carbocycles. The zero-order valence-corrected chi connectivity index (χ0v) is 9.23. The highest BCUT2D eigenvalue weighted by Crippen LogP contribution is 2.32. The van der Waals surface area contributed by atoms with Gasteiger partial charge in [-0.05, 0) is 26.0 Å². The second-order valence-electron chi connectivity index (χ2n) is 3.84. The lowest BCUT2D eigenvalue weighted by atomic mass is 9.97. The van der Waals surface area contributed by atoms with Crippen molar-refractivity contribution in [3.05, 3.63) is 29.0 Å². The Balaban J connectivity index is 2.68. The third-order valence-electron chi connectivity index (χ3n) is 2.18. The Kier molecular flexibility index (Phi) is 2.20. The summed E-state index contributed by atoms with van der Waals surface area (Å²) in [5, 5.41) is 9.62. The molecule has 0 aliphatic rings. The number of nitrogens with zero attached hydrogens (tertiary/aromatic N) is 2. The Morgan fingerprint density at radius 2 is 2.20 bits per heavy atom. The first-order valence-corrected chi connectivity index (χ1v) is 5.33. The molecule has 76 valence electrons. The molecule has 0 fully saturated rings. The average Bonchev–Trinajstić information content (AvgIpc) is 2.64. The molecule has 0 unspecified atom stereocenters. The van der Waals surface area contributed by atoms with Crippen LogP contribution < -0.4 is 0 Å². The summed E-state index contributed by atoms with van der Waals surface area (Å²) >= 11 is 1.25. The normalized spacial score (nSPS) is 11.6. The lowest BCUT2D eigenvalue weighted by Gasteiger charge is -2.09. The minimum atomic E-state index is -0.657. The second-order valence-corrected chi connectivity index (χ2v) is 4.84. The molecule has 0 radical (unpaired) electrons. The largest absolute Gasteiger partial charge is 0.239 e. The molecule has 15 heavy (non-hydrogen) atoms. The summed E-state index contributed by atoms with van der Waals surface area (Å²) in [4.78, 5) is 4.27. The summed E-state index contributed by atoms with van der Waals surface area (Å²) < 4.78 is 13.9. The van der Waals surface area contributed by atoms with Gasteiger partial charge < -0.3 is 0 Å². The van der Waals surface area contributed by atoms with Gasteiger partial charge in [0.1, 0.15) is 16.2 Å². The Labute approximate surface area is 91.0 Å². The number of rotatable bonds is 1. The number of nitriles is 1. The highest BCUT2D eigenvalue weighted by atomic mass is 32.1. The minimum Gasteiger partial charge on any atom is -0.239 e. The highest BCUT2D eigenvalue weighted by Gasteiger charge is 2.24. The molecule has 0 spiro atoms. The van der Waals surface area contributed by atoms with Crippen LogP contribution in [-0.2, 0) is 5.41 Å². The first-order valence-electron chi connectivity index (χ1n) is 4.51. The van der Waals surface area contributed by atoms with Crippen LogP contribution in [0.3, 0.4) is 0 Å². The molecule has 0 bridgehead atoms. The third-order valence-corrected chi connectivity index (χ3v) is 3.58. The molecule has 0 aliphatic heterocycles. The number of halogens is 1. The Morgan fingerprint density at radius 1 is 1.47 bits per heavy atom. The number of hydrogen-bond acceptors (Lipinski definition) is 3. The van der Waals surface area contributed by atoms with Crippen molar-refractivity contribution in [2.75, 3.05) is 0 Å². The van der Waals surface area contributed by atoms with E-state index in [9.17, 15) is 4.39 Å². The van der Waals surface area contributed by atoms with E-state index >= 15 is 0 Å². The predicted molar refractivity (Wildman–Crippen MR) is 58.2 cm³/mol. The number of benzene rings is 1. The van der Waals surface area contributed by atoms with E-state index in [1.165, 1.54) is 17.4 Å². The molecule has 2 aromatic rings. The van der Waals surface area contributed by atoms with Crippen molar-refractivity contribution in [3.8, 4) is 6.07 Å². The van der Waals surface area contributed by atoms with Gasteiger partial charge in [-0.2, -0.15) is 5.26 Å². The monoisotopic (exact) mass is 220 g/mol. The van der Waals surface area contributed by atoms with E-state index in [1.54, 1.807) is 26.0 Å². The maximum Gasteiger partial charge on any atom is 0.142 e. The summed E-state index contributed by atoms with van der Waals surface area (Å²) in [5.41, 5.74) is -0.0332. The van der Waals surface area contributed by atoms with Crippen LogP contribution in [0.15, 0.2) is 18.2 Å². The van der Waals surface area contributed by atoms with Gasteiger partial charge in [0.2, 0.25) is 0 Å². The van der Waals surface area contributed by atoms with Gasteiger partial charge in [-0.3, -0.25) is 0 Å². The van der Waals surface area contributed by atoms with Crippen LogP contribution in [0, 0.1) is 17.1 Å².